The average molecular weight is 381 g/mol. The molecule has 0 bridgehead atoms. The Morgan fingerprint density at radius 3 is 2.50 bits per heavy atom. The first-order valence-corrected chi connectivity index (χ1v) is 9.94. The lowest BCUT2D eigenvalue weighted by molar-refractivity contribution is 0.374. The molecule has 0 saturated carbocycles. The van der Waals surface area contributed by atoms with Gasteiger partial charge in [-0.15, -0.1) is 0 Å². The highest BCUT2D eigenvalue weighted by atomic mass is 32.2. The van der Waals surface area contributed by atoms with Gasteiger partial charge in [-0.2, -0.15) is 20.1 Å². The zero-order chi connectivity index (χ0) is 18.7. The molecule has 0 aromatic carbocycles. The van der Waals surface area contributed by atoms with E-state index in [0.29, 0.717) is 23.2 Å². The summed E-state index contributed by atoms with van der Waals surface area (Å²) >= 11 is 0. The van der Waals surface area contributed by atoms with Crippen molar-refractivity contribution in [2.24, 2.45) is 0 Å². The van der Waals surface area contributed by atoms with Gasteiger partial charge in [-0.25, -0.2) is 13.1 Å². The lowest BCUT2D eigenvalue weighted by atomic mass is 10.1. The fourth-order valence-electron chi connectivity index (χ4n) is 2.96. The highest BCUT2D eigenvalue weighted by Crippen LogP contribution is 2.19. The number of hydrogen-bond donors (Lipinski definition) is 2. The number of nitrogens with zero attached hydrogens (tertiary/aromatic N) is 5. The van der Waals surface area contributed by atoms with Crippen LogP contribution in [-0.4, -0.2) is 53.8 Å². The Kier molecular flexibility index (Phi) is 5.37. The van der Waals surface area contributed by atoms with Gasteiger partial charge in [0.25, 0.3) is 0 Å². The summed E-state index contributed by atoms with van der Waals surface area (Å²) in [6.07, 6.45) is 3.35. The normalized spacial score (nSPS) is 15.3. The number of methoxy groups -OCH3 is 1. The van der Waals surface area contributed by atoms with Crippen molar-refractivity contribution in [3.8, 4) is 6.01 Å². The molecule has 2 N–H and O–H groups in total. The summed E-state index contributed by atoms with van der Waals surface area (Å²) in [5.41, 5.74) is 0.898. The van der Waals surface area contributed by atoms with E-state index in [1.165, 1.54) is 13.5 Å². The Balaban J connectivity index is 1.81. The molecule has 142 valence electrons. The van der Waals surface area contributed by atoms with Crippen LogP contribution >= 0.6 is 0 Å². The van der Waals surface area contributed by atoms with Gasteiger partial charge in [0, 0.05) is 13.1 Å². The molecule has 0 spiro atoms. The van der Waals surface area contributed by atoms with Gasteiger partial charge in [0.1, 0.15) is 4.90 Å². The zero-order valence-corrected chi connectivity index (χ0v) is 15.9. The predicted octanol–water partition coefficient (Wildman–Crippen LogP) is 0.689. The van der Waals surface area contributed by atoms with Crippen molar-refractivity contribution in [3.63, 3.8) is 0 Å². The van der Waals surface area contributed by atoms with Crippen molar-refractivity contribution in [3.05, 3.63) is 17.2 Å². The monoisotopic (exact) mass is 381 g/mol. The number of aromatic nitrogens is 5. The standard InChI is InChI=1S/C15H23N7O3S/c1-10-13(11(2)21-20-10)26(23,24)16-9-12-17-14(19-15(18-12)25-3)22-7-5-4-6-8-22/h16H,4-9H2,1-3H3,(H,20,21). The molecular weight excluding hydrogens is 358 g/mol. The molecule has 0 aliphatic carbocycles. The summed E-state index contributed by atoms with van der Waals surface area (Å²) in [6.45, 7) is 4.97. The van der Waals surface area contributed by atoms with Crippen LogP contribution in [0.4, 0.5) is 5.95 Å². The van der Waals surface area contributed by atoms with Crippen molar-refractivity contribution >= 4 is 16.0 Å². The Morgan fingerprint density at radius 1 is 1.15 bits per heavy atom. The second kappa shape index (κ2) is 7.54. The van der Waals surface area contributed by atoms with Crippen LogP contribution in [0, 0.1) is 13.8 Å². The Bertz CT molecular complexity index is 856. The topological polar surface area (TPSA) is 126 Å². The van der Waals surface area contributed by atoms with Crippen LogP contribution in [0.1, 0.15) is 36.5 Å². The molecule has 1 saturated heterocycles. The van der Waals surface area contributed by atoms with Crippen LogP contribution in [0.3, 0.4) is 0 Å². The third kappa shape index (κ3) is 3.93. The SMILES string of the molecule is COc1nc(CNS(=O)(=O)c2c(C)n[nH]c2C)nc(N2CCCCC2)n1. The Morgan fingerprint density at radius 2 is 1.88 bits per heavy atom. The van der Waals surface area contributed by atoms with E-state index in [4.69, 9.17) is 4.74 Å². The molecule has 3 rings (SSSR count). The maximum absolute atomic E-state index is 12.6. The number of nitrogens with one attached hydrogen (secondary N) is 2. The van der Waals surface area contributed by atoms with Gasteiger partial charge in [0.05, 0.1) is 25.0 Å². The predicted molar refractivity (Wildman–Crippen MR) is 94.5 cm³/mol. The highest BCUT2D eigenvalue weighted by molar-refractivity contribution is 7.89. The van der Waals surface area contributed by atoms with Gasteiger partial charge in [-0.3, -0.25) is 5.10 Å². The molecule has 0 unspecified atom stereocenters. The smallest absolute Gasteiger partial charge is 0.321 e. The molecule has 0 radical (unpaired) electrons. The third-order valence-electron chi connectivity index (χ3n) is 4.22. The Hall–Kier alpha value is -2.27. The first-order chi connectivity index (χ1) is 12.4. The van der Waals surface area contributed by atoms with E-state index in [1.807, 2.05) is 0 Å². The maximum Gasteiger partial charge on any atom is 0.321 e. The molecule has 1 aliphatic heterocycles. The van der Waals surface area contributed by atoms with Crippen molar-refractivity contribution in [2.75, 3.05) is 25.1 Å². The molecule has 1 aliphatic rings. The number of piperidine rings is 1. The second-order valence-corrected chi connectivity index (χ2v) is 7.88. The van der Waals surface area contributed by atoms with Crippen LogP contribution in [0.25, 0.3) is 0 Å². The summed E-state index contributed by atoms with van der Waals surface area (Å²) in [5.74, 6) is 0.821. The number of rotatable bonds is 6. The minimum Gasteiger partial charge on any atom is -0.467 e. The molecule has 2 aromatic heterocycles. The van der Waals surface area contributed by atoms with Crippen LogP contribution in [-0.2, 0) is 16.6 Å². The van der Waals surface area contributed by atoms with Gasteiger partial charge < -0.3 is 9.64 Å². The summed E-state index contributed by atoms with van der Waals surface area (Å²) < 4.78 is 32.8. The average Bonchev–Trinajstić information content (AvgIpc) is 2.99. The van der Waals surface area contributed by atoms with Crippen molar-refractivity contribution < 1.29 is 13.2 Å². The van der Waals surface area contributed by atoms with Gasteiger partial charge in [-0.05, 0) is 33.1 Å². The summed E-state index contributed by atoms with van der Waals surface area (Å²) in [5, 5.41) is 6.60. The number of sulfonamides is 1. The van der Waals surface area contributed by atoms with E-state index in [1.54, 1.807) is 13.8 Å². The fourth-order valence-corrected chi connectivity index (χ4v) is 4.31. The molecule has 1 fully saturated rings. The first kappa shape index (κ1) is 18.5. The second-order valence-electron chi connectivity index (χ2n) is 6.17. The van der Waals surface area contributed by atoms with Crippen molar-refractivity contribution in [2.45, 2.75) is 44.6 Å². The lowest BCUT2D eigenvalue weighted by Gasteiger charge is -2.26. The number of hydrogen-bond acceptors (Lipinski definition) is 8. The first-order valence-electron chi connectivity index (χ1n) is 8.46. The minimum absolute atomic E-state index is 0.0634. The number of ether oxygens (including phenoxy) is 1. The van der Waals surface area contributed by atoms with E-state index in [2.05, 4.69) is 34.8 Å². The van der Waals surface area contributed by atoms with Crippen LogP contribution in [0.15, 0.2) is 4.90 Å². The van der Waals surface area contributed by atoms with Gasteiger partial charge in [0.2, 0.25) is 16.0 Å². The van der Waals surface area contributed by atoms with Crippen molar-refractivity contribution in [1.29, 1.82) is 0 Å². The van der Waals surface area contributed by atoms with Crippen LogP contribution < -0.4 is 14.4 Å². The number of aromatic amines is 1. The minimum atomic E-state index is -3.73. The van der Waals surface area contributed by atoms with Gasteiger partial charge in [-0.1, -0.05) is 0 Å². The zero-order valence-electron chi connectivity index (χ0n) is 15.1. The molecular formula is C15H23N7O3S. The summed E-state index contributed by atoms with van der Waals surface area (Å²) in [6, 6.07) is 0.172. The van der Waals surface area contributed by atoms with E-state index < -0.39 is 10.0 Å². The number of anilines is 1. The molecule has 2 aromatic rings. The van der Waals surface area contributed by atoms with Crippen molar-refractivity contribution in [1.82, 2.24) is 29.9 Å². The van der Waals surface area contributed by atoms with E-state index >= 15 is 0 Å². The summed E-state index contributed by atoms with van der Waals surface area (Å²) in [7, 11) is -2.26. The molecule has 11 heteroatoms. The molecule has 10 nitrogen and oxygen atoms in total. The molecule has 3 heterocycles. The van der Waals surface area contributed by atoms with Crippen LogP contribution in [0.2, 0.25) is 0 Å². The fraction of sp³-hybridized carbons (Fsp3) is 0.600. The summed E-state index contributed by atoms with van der Waals surface area (Å²) in [4.78, 5) is 15.1. The van der Waals surface area contributed by atoms with E-state index in [0.717, 1.165) is 25.9 Å². The van der Waals surface area contributed by atoms with Gasteiger partial charge >= 0.3 is 6.01 Å². The highest BCUT2D eigenvalue weighted by Gasteiger charge is 2.23. The maximum atomic E-state index is 12.6. The lowest BCUT2D eigenvalue weighted by Crippen LogP contribution is -2.32. The largest absolute Gasteiger partial charge is 0.467 e. The quantitative estimate of drug-likeness (QED) is 0.748. The van der Waals surface area contributed by atoms with Gasteiger partial charge in [0.15, 0.2) is 5.82 Å². The number of aryl methyl sites for hydroxylation is 2. The molecule has 26 heavy (non-hydrogen) atoms. The third-order valence-corrected chi connectivity index (χ3v) is 5.88. The van der Waals surface area contributed by atoms with E-state index in [9.17, 15) is 8.42 Å². The van der Waals surface area contributed by atoms with Crippen LogP contribution in [0.5, 0.6) is 6.01 Å². The molecule has 0 amide bonds. The molecule has 0 atom stereocenters. The van der Waals surface area contributed by atoms with E-state index in [-0.39, 0.29) is 17.5 Å². The number of H-pyrrole nitrogens is 1. The Labute approximate surface area is 152 Å².